The quantitative estimate of drug-likeness (QED) is 0.585. The molecule has 0 amide bonds. The summed E-state index contributed by atoms with van der Waals surface area (Å²) in [7, 11) is 1.63. The lowest BCUT2D eigenvalue weighted by Crippen LogP contribution is -2.35. The number of hydrogen-bond donors (Lipinski definition) is 1. The fourth-order valence-electron chi connectivity index (χ4n) is 0.779. The molecule has 0 aromatic rings. The van der Waals surface area contributed by atoms with Crippen LogP contribution in [0.2, 0.25) is 0 Å². The van der Waals surface area contributed by atoms with Crippen LogP contribution < -0.4 is 5.32 Å². The van der Waals surface area contributed by atoms with Crippen molar-refractivity contribution in [2.24, 2.45) is 0 Å². The number of nitrogens with one attached hydrogen (secondary N) is 1. The lowest BCUT2D eigenvalue weighted by Gasteiger charge is -2.11. The lowest BCUT2D eigenvalue weighted by molar-refractivity contribution is -0.142. The Balaban J connectivity index is 3.33. The minimum Gasteiger partial charge on any atom is -0.465 e. The van der Waals surface area contributed by atoms with Crippen LogP contribution in [0.25, 0.3) is 0 Å². The van der Waals surface area contributed by atoms with Gasteiger partial charge in [0.1, 0.15) is 0 Å². The Morgan fingerprint density at radius 3 is 2.75 bits per heavy atom. The predicted molar refractivity (Wildman–Crippen MR) is 46.0 cm³/mol. The Labute approximate surface area is 73.2 Å². The molecular weight excluding hydrogens is 158 g/mol. The minimum absolute atomic E-state index is 0.180. The van der Waals surface area contributed by atoms with Gasteiger partial charge in [-0.2, -0.15) is 0 Å². The van der Waals surface area contributed by atoms with Gasteiger partial charge in [-0.05, 0) is 13.8 Å². The van der Waals surface area contributed by atoms with E-state index in [-0.39, 0.29) is 18.6 Å². The van der Waals surface area contributed by atoms with E-state index in [1.165, 1.54) is 0 Å². The summed E-state index contributed by atoms with van der Waals surface area (Å²) in [4.78, 5) is 10.8. The highest BCUT2D eigenvalue weighted by molar-refractivity contribution is 5.71. The molecule has 0 saturated carbocycles. The fourth-order valence-corrected chi connectivity index (χ4v) is 0.779. The summed E-state index contributed by atoms with van der Waals surface area (Å²) in [6, 6.07) is 0.180. The topological polar surface area (TPSA) is 47.6 Å². The van der Waals surface area contributed by atoms with Gasteiger partial charge in [-0.1, -0.05) is 0 Å². The molecule has 0 bridgehead atoms. The molecule has 12 heavy (non-hydrogen) atoms. The van der Waals surface area contributed by atoms with Gasteiger partial charge in [0, 0.05) is 13.2 Å². The summed E-state index contributed by atoms with van der Waals surface area (Å²) in [6.07, 6.45) is 0. The molecule has 0 aliphatic carbocycles. The summed E-state index contributed by atoms with van der Waals surface area (Å²) in [5.41, 5.74) is 0. The first-order chi connectivity index (χ1) is 5.70. The van der Waals surface area contributed by atoms with Crippen molar-refractivity contribution in [3.63, 3.8) is 0 Å². The van der Waals surface area contributed by atoms with E-state index < -0.39 is 0 Å². The smallest absolute Gasteiger partial charge is 0.319 e. The van der Waals surface area contributed by atoms with Gasteiger partial charge in [-0.3, -0.25) is 4.79 Å². The molecule has 1 atom stereocenters. The highest BCUT2D eigenvalue weighted by Crippen LogP contribution is 1.82. The van der Waals surface area contributed by atoms with Gasteiger partial charge in [-0.15, -0.1) is 0 Å². The molecule has 1 N–H and O–H groups in total. The van der Waals surface area contributed by atoms with Crippen molar-refractivity contribution < 1.29 is 14.3 Å². The fraction of sp³-hybridized carbons (Fsp3) is 0.875. The van der Waals surface area contributed by atoms with Crippen molar-refractivity contribution in [2.45, 2.75) is 19.9 Å². The number of methoxy groups -OCH3 is 1. The van der Waals surface area contributed by atoms with E-state index >= 15 is 0 Å². The zero-order chi connectivity index (χ0) is 9.40. The summed E-state index contributed by atoms with van der Waals surface area (Å²) < 4.78 is 9.61. The number of carbonyl (C=O) groups excluding carboxylic acids is 1. The Kier molecular flexibility index (Phi) is 6.70. The van der Waals surface area contributed by atoms with Crippen molar-refractivity contribution in [3.05, 3.63) is 0 Å². The number of rotatable bonds is 6. The SMILES string of the molecule is CCOC(=O)CNC(C)COC. The number of ether oxygens (including phenoxy) is 2. The van der Waals surface area contributed by atoms with Gasteiger partial charge in [0.2, 0.25) is 0 Å². The van der Waals surface area contributed by atoms with E-state index in [1.807, 2.05) is 6.92 Å². The normalized spacial score (nSPS) is 12.6. The highest BCUT2D eigenvalue weighted by atomic mass is 16.5. The molecule has 0 saturated heterocycles. The van der Waals surface area contributed by atoms with Crippen molar-refractivity contribution in [2.75, 3.05) is 26.9 Å². The molecule has 0 spiro atoms. The van der Waals surface area contributed by atoms with Gasteiger partial charge < -0.3 is 14.8 Å². The Morgan fingerprint density at radius 1 is 1.58 bits per heavy atom. The molecular formula is C8H17NO3. The number of esters is 1. The maximum Gasteiger partial charge on any atom is 0.319 e. The van der Waals surface area contributed by atoms with Crippen LogP contribution in [-0.2, 0) is 14.3 Å². The van der Waals surface area contributed by atoms with Crippen molar-refractivity contribution in [1.82, 2.24) is 5.32 Å². The maximum atomic E-state index is 10.8. The minimum atomic E-state index is -0.222. The average molecular weight is 175 g/mol. The lowest BCUT2D eigenvalue weighted by atomic mass is 10.3. The third-order valence-corrected chi connectivity index (χ3v) is 1.32. The highest BCUT2D eigenvalue weighted by Gasteiger charge is 2.04. The van der Waals surface area contributed by atoms with Crippen LogP contribution in [0, 0.1) is 0 Å². The molecule has 0 fully saturated rings. The van der Waals surface area contributed by atoms with E-state index in [2.05, 4.69) is 5.32 Å². The Morgan fingerprint density at radius 2 is 2.25 bits per heavy atom. The van der Waals surface area contributed by atoms with Crippen molar-refractivity contribution in [1.29, 1.82) is 0 Å². The van der Waals surface area contributed by atoms with E-state index in [1.54, 1.807) is 14.0 Å². The van der Waals surface area contributed by atoms with Gasteiger partial charge >= 0.3 is 5.97 Å². The van der Waals surface area contributed by atoms with Crippen molar-refractivity contribution >= 4 is 5.97 Å². The van der Waals surface area contributed by atoms with Crippen LogP contribution in [0.5, 0.6) is 0 Å². The number of carbonyl (C=O) groups is 1. The summed E-state index contributed by atoms with van der Waals surface area (Å²) in [5, 5.41) is 2.97. The number of hydrogen-bond acceptors (Lipinski definition) is 4. The molecule has 0 rings (SSSR count). The maximum absolute atomic E-state index is 10.8. The molecule has 1 unspecified atom stereocenters. The van der Waals surface area contributed by atoms with Gasteiger partial charge in [-0.25, -0.2) is 0 Å². The Bertz CT molecular complexity index is 127. The largest absolute Gasteiger partial charge is 0.465 e. The van der Waals surface area contributed by atoms with E-state index in [9.17, 15) is 4.79 Å². The zero-order valence-electron chi connectivity index (χ0n) is 7.92. The first-order valence-electron chi connectivity index (χ1n) is 4.08. The van der Waals surface area contributed by atoms with Gasteiger partial charge in [0.25, 0.3) is 0 Å². The second kappa shape index (κ2) is 7.06. The van der Waals surface area contributed by atoms with Gasteiger partial charge in [0.05, 0.1) is 19.8 Å². The molecule has 0 aliphatic rings. The molecule has 0 radical (unpaired) electrons. The molecule has 0 aliphatic heterocycles. The zero-order valence-corrected chi connectivity index (χ0v) is 7.92. The monoisotopic (exact) mass is 175 g/mol. The van der Waals surface area contributed by atoms with E-state index in [4.69, 9.17) is 9.47 Å². The molecule has 72 valence electrons. The third-order valence-electron chi connectivity index (χ3n) is 1.32. The van der Waals surface area contributed by atoms with Crippen LogP contribution in [0.4, 0.5) is 0 Å². The van der Waals surface area contributed by atoms with Gasteiger partial charge in [0.15, 0.2) is 0 Å². The molecule has 4 heteroatoms. The Hall–Kier alpha value is -0.610. The van der Waals surface area contributed by atoms with Crippen LogP contribution in [0.3, 0.4) is 0 Å². The molecule has 0 aromatic carbocycles. The van der Waals surface area contributed by atoms with Crippen molar-refractivity contribution in [3.8, 4) is 0 Å². The molecule has 4 nitrogen and oxygen atoms in total. The average Bonchev–Trinajstić information content (AvgIpc) is 2.02. The second-order valence-corrected chi connectivity index (χ2v) is 2.54. The molecule has 0 aromatic heterocycles. The second-order valence-electron chi connectivity index (χ2n) is 2.54. The third kappa shape index (κ3) is 6.12. The predicted octanol–water partition coefficient (Wildman–Crippen LogP) is 0.174. The summed E-state index contributed by atoms with van der Waals surface area (Å²) in [5.74, 6) is -0.222. The first kappa shape index (κ1) is 11.4. The van der Waals surface area contributed by atoms with Crippen LogP contribution >= 0.6 is 0 Å². The first-order valence-corrected chi connectivity index (χ1v) is 4.08. The van der Waals surface area contributed by atoms with Crippen LogP contribution in [-0.4, -0.2) is 38.9 Å². The standard InChI is InChI=1S/C8H17NO3/c1-4-12-8(10)5-9-7(2)6-11-3/h7,9H,4-6H2,1-3H3. The summed E-state index contributed by atoms with van der Waals surface area (Å²) in [6.45, 7) is 5.01. The summed E-state index contributed by atoms with van der Waals surface area (Å²) >= 11 is 0. The molecule has 0 heterocycles. The van der Waals surface area contributed by atoms with Crippen LogP contribution in [0.1, 0.15) is 13.8 Å². The van der Waals surface area contributed by atoms with E-state index in [0.717, 1.165) is 0 Å². The van der Waals surface area contributed by atoms with Crippen LogP contribution in [0.15, 0.2) is 0 Å². The van der Waals surface area contributed by atoms with E-state index in [0.29, 0.717) is 13.2 Å².